The van der Waals surface area contributed by atoms with Gasteiger partial charge in [-0.15, -0.1) is 0 Å². The van der Waals surface area contributed by atoms with Gasteiger partial charge in [-0.3, -0.25) is 4.79 Å². The molecule has 0 atom stereocenters. The fourth-order valence-electron chi connectivity index (χ4n) is 1.54. The maximum absolute atomic E-state index is 11.0. The first kappa shape index (κ1) is 14.0. The minimum atomic E-state index is -0.331. The van der Waals surface area contributed by atoms with E-state index in [1.807, 2.05) is 6.07 Å². The Kier molecular flexibility index (Phi) is 4.33. The first-order chi connectivity index (χ1) is 9.63. The molecule has 0 N–H and O–H groups in total. The smallest absolute Gasteiger partial charge is 0.306 e. The Morgan fingerprint density at radius 1 is 1.55 bits per heavy atom. The molecule has 0 unspecified atom stereocenters. The number of oxazole rings is 1. The van der Waals surface area contributed by atoms with E-state index in [1.54, 1.807) is 6.07 Å². The standard InChI is InChI=1S/C13H10ClN3O3/c1-19-12(18)5-4-11-16-7-10(20-11)9-3-2-8(6-15)17-13(9)14/h2-3,7H,4-5H2,1H3. The molecule has 0 aliphatic heterocycles. The van der Waals surface area contributed by atoms with E-state index < -0.39 is 0 Å². The van der Waals surface area contributed by atoms with Gasteiger partial charge in [0.25, 0.3) is 0 Å². The van der Waals surface area contributed by atoms with E-state index in [0.717, 1.165) is 0 Å². The van der Waals surface area contributed by atoms with Crippen LogP contribution in [0.3, 0.4) is 0 Å². The highest BCUT2D eigenvalue weighted by atomic mass is 35.5. The Morgan fingerprint density at radius 2 is 2.35 bits per heavy atom. The molecule has 0 fully saturated rings. The number of carbonyl (C=O) groups excluding carboxylic acids is 1. The predicted molar refractivity (Wildman–Crippen MR) is 69.8 cm³/mol. The molecular weight excluding hydrogens is 282 g/mol. The van der Waals surface area contributed by atoms with E-state index >= 15 is 0 Å². The SMILES string of the molecule is COC(=O)CCc1ncc(-c2ccc(C#N)nc2Cl)o1. The summed E-state index contributed by atoms with van der Waals surface area (Å²) in [5, 5.41) is 8.89. The van der Waals surface area contributed by atoms with Crippen LogP contribution in [0.4, 0.5) is 0 Å². The number of aryl methyl sites for hydroxylation is 1. The summed E-state index contributed by atoms with van der Waals surface area (Å²) < 4.78 is 10.0. The number of esters is 1. The summed E-state index contributed by atoms with van der Waals surface area (Å²) in [5.74, 6) is 0.514. The first-order valence-electron chi connectivity index (χ1n) is 5.72. The summed E-state index contributed by atoms with van der Waals surface area (Å²) in [5.41, 5.74) is 0.770. The maximum Gasteiger partial charge on any atom is 0.306 e. The van der Waals surface area contributed by atoms with Gasteiger partial charge in [-0.1, -0.05) is 11.6 Å². The number of nitriles is 1. The Hall–Kier alpha value is -2.39. The lowest BCUT2D eigenvalue weighted by Gasteiger charge is -1.99. The van der Waals surface area contributed by atoms with Gasteiger partial charge in [0, 0.05) is 6.42 Å². The van der Waals surface area contributed by atoms with Crippen LogP contribution in [0.15, 0.2) is 22.7 Å². The molecular formula is C13H10ClN3O3. The molecule has 6 nitrogen and oxygen atoms in total. The number of nitrogens with zero attached hydrogens (tertiary/aromatic N) is 3. The van der Waals surface area contributed by atoms with Crippen molar-refractivity contribution >= 4 is 17.6 Å². The summed E-state index contributed by atoms with van der Waals surface area (Å²) >= 11 is 5.98. The average Bonchev–Trinajstić information content (AvgIpc) is 2.93. The largest absolute Gasteiger partial charge is 0.469 e. The minimum Gasteiger partial charge on any atom is -0.469 e. The number of hydrogen-bond acceptors (Lipinski definition) is 6. The second-order valence-electron chi connectivity index (χ2n) is 3.84. The highest BCUT2D eigenvalue weighted by Gasteiger charge is 2.12. The molecule has 0 bridgehead atoms. The number of rotatable bonds is 4. The van der Waals surface area contributed by atoms with Gasteiger partial charge in [0.15, 0.2) is 11.7 Å². The van der Waals surface area contributed by atoms with E-state index in [-0.39, 0.29) is 23.2 Å². The third-order valence-corrected chi connectivity index (χ3v) is 2.84. The van der Waals surface area contributed by atoms with Crippen LogP contribution in [0.1, 0.15) is 18.0 Å². The lowest BCUT2D eigenvalue weighted by Crippen LogP contribution is -2.01. The van der Waals surface area contributed by atoms with Crippen molar-refractivity contribution in [3.05, 3.63) is 35.1 Å². The van der Waals surface area contributed by atoms with Gasteiger partial charge in [0.2, 0.25) is 0 Å². The number of pyridine rings is 1. The molecule has 0 saturated heterocycles. The molecule has 0 aliphatic carbocycles. The van der Waals surface area contributed by atoms with Crippen molar-refractivity contribution in [1.82, 2.24) is 9.97 Å². The van der Waals surface area contributed by atoms with Gasteiger partial charge in [-0.05, 0) is 12.1 Å². The van der Waals surface area contributed by atoms with E-state index in [2.05, 4.69) is 14.7 Å². The topological polar surface area (TPSA) is 89.0 Å². The predicted octanol–water partition coefficient (Wildman–Crippen LogP) is 2.37. The fraction of sp³-hybridized carbons (Fsp3) is 0.231. The number of methoxy groups -OCH3 is 1. The second kappa shape index (κ2) is 6.17. The Morgan fingerprint density at radius 3 is 3.00 bits per heavy atom. The number of halogens is 1. The van der Waals surface area contributed by atoms with Gasteiger partial charge in [0.1, 0.15) is 16.9 Å². The van der Waals surface area contributed by atoms with Gasteiger partial charge in [-0.25, -0.2) is 9.97 Å². The number of hydrogen-bond donors (Lipinski definition) is 0. The molecule has 0 spiro atoms. The Bertz CT molecular complexity index is 676. The first-order valence-corrected chi connectivity index (χ1v) is 6.10. The molecule has 0 radical (unpaired) electrons. The lowest BCUT2D eigenvalue weighted by molar-refractivity contribution is -0.140. The zero-order valence-corrected chi connectivity index (χ0v) is 11.3. The minimum absolute atomic E-state index is 0.166. The molecule has 0 amide bonds. The van der Waals surface area contributed by atoms with Gasteiger partial charge in [0.05, 0.1) is 25.3 Å². The zero-order valence-electron chi connectivity index (χ0n) is 10.6. The molecule has 2 aromatic rings. The van der Waals surface area contributed by atoms with Crippen molar-refractivity contribution in [2.75, 3.05) is 7.11 Å². The van der Waals surface area contributed by atoms with Crippen LogP contribution in [-0.4, -0.2) is 23.0 Å². The highest BCUT2D eigenvalue weighted by Crippen LogP contribution is 2.27. The van der Waals surface area contributed by atoms with Crippen molar-refractivity contribution < 1.29 is 13.9 Å². The Balaban J connectivity index is 2.16. The van der Waals surface area contributed by atoms with Gasteiger partial charge >= 0.3 is 5.97 Å². The fourth-order valence-corrected chi connectivity index (χ4v) is 1.79. The zero-order chi connectivity index (χ0) is 14.5. The summed E-state index contributed by atoms with van der Waals surface area (Å²) in [6, 6.07) is 5.07. The summed E-state index contributed by atoms with van der Waals surface area (Å²) in [4.78, 5) is 19.0. The van der Waals surface area contributed by atoms with E-state index in [4.69, 9.17) is 21.3 Å². The molecule has 0 aromatic carbocycles. The third-order valence-electron chi connectivity index (χ3n) is 2.55. The van der Waals surface area contributed by atoms with Crippen LogP contribution in [0.25, 0.3) is 11.3 Å². The van der Waals surface area contributed by atoms with E-state index in [0.29, 0.717) is 23.6 Å². The van der Waals surface area contributed by atoms with Crippen molar-refractivity contribution in [1.29, 1.82) is 5.26 Å². The Labute approximate surface area is 120 Å². The van der Waals surface area contributed by atoms with Crippen LogP contribution in [0.2, 0.25) is 5.15 Å². The van der Waals surface area contributed by atoms with Gasteiger partial charge in [-0.2, -0.15) is 5.26 Å². The molecule has 2 rings (SSSR count). The van der Waals surface area contributed by atoms with Gasteiger partial charge < -0.3 is 9.15 Å². The molecule has 0 aliphatic rings. The molecule has 7 heteroatoms. The summed E-state index contributed by atoms with van der Waals surface area (Å²) in [6.07, 6.45) is 2.03. The monoisotopic (exact) mass is 291 g/mol. The van der Waals surface area contributed by atoms with Crippen molar-refractivity contribution in [2.45, 2.75) is 12.8 Å². The van der Waals surface area contributed by atoms with Crippen LogP contribution in [-0.2, 0) is 16.0 Å². The molecule has 102 valence electrons. The molecule has 20 heavy (non-hydrogen) atoms. The molecule has 2 heterocycles. The van der Waals surface area contributed by atoms with Crippen LogP contribution >= 0.6 is 11.6 Å². The van der Waals surface area contributed by atoms with E-state index in [1.165, 1.54) is 19.4 Å². The van der Waals surface area contributed by atoms with E-state index in [9.17, 15) is 4.79 Å². The normalized spacial score (nSPS) is 10.1. The molecule has 2 aromatic heterocycles. The number of aromatic nitrogens is 2. The third kappa shape index (κ3) is 3.13. The van der Waals surface area contributed by atoms with Crippen molar-refractivity contribution in [2.24, 2.45) is 0 Å². The average molecular weight is 292 g/mol. The van der Waals surface area contributed by atoms with Crippen LogP contribution in [0.5, 0.6) is 0 Å². The number of ether oxygens (including phenoxy) is 1. The van der Waals surface area contributed by atoms with Crippen LogP contribution in [0, 0.1) is 11.3 Å². The highest BCUT2D eigenvalue weighted by molar-refractivity contribution is 6.32. The van der Waals surface area contributed by atoms with Crippen molar-refractivity contribution in [3.8, 4) is 17.4 Å². The number of carbonyl (C=O) groups is 1. The molecule has 0 saturated carbocycles. The van der Waals surface area contributed by atoms with Crippen LogP contribution < -0.4 is 0 Å². The second-order valence-corrected chi connectivity index (χ2v) is 4.20. The lowest BCUT2D eigenvalue weighted by atomic mass is 10.2. The maximum atomic E-state index is 11.0. The van der Waals surface area contributed by atoms with Crippen molar-refractivity contribution in [3.63, 3.8) is 0 Å². The summed E-state index contributed by atoms with van der Waals surface area (Å²) in [6.45, 7) is 0. The quantitative estimate of drug-likeness (QED) is 0.634. The summed E-state index contributed by atoms with van der Waals surface area (Å²) in [7, 11) is 1.32.